The lowest BCUT2D eigenvalue weighted by Crippen LogP contribution is -2.11. The number of imidazole rings is 1. The normalized spacial score (nSPS) is 10.9. The zero-order chi connectivity index (χ0) is 12.1. The van der Waals surface area contributed by atoms with Gasteiger partial charge in [-0.05, 0) is 12.8 Å². The summed E-state index contributed by atoms with van der Waals surface area (Å²) in [6, 6.07) is 0. The molecule has 0 aliphatic carbocycles. The molecule has 92 valence electrons. The Bertz CT molecular complexity index is 415. The molecule has 0 saturated heterocycles. The van der Waals surface area contributed by atoms with Crippen molar-refractivity contribution in [3.05, 3.63) is 30.4 Å². The lowest BCUT2D eigenvalue weighted by molar-refractivity contribution is 0.548. The van der Waals surface area contributed by atoms with Crippen LogP contribution in [0.1, 0.15) is 38.3 Å². The standard InChI is InChI=1S/C12H19N5/c1-3-5-11-13-6-8-16(11)9-12-14-10-15-17(12)7-4-2/h6,8,10H,3-5,7,9H2,1-2H3. The van der Waals surface area contributed by atoms with E-state index in [1.165, 1.54) is 0 Å². The summed E-state index contributed by atoms with van der Waals surface area (Å²) < 4.78 is 4.12. The molecular formula is C12H19N5. The van der Waals surface area contributed by atoms with Gasteiger partial charge in [-0.25, -0.2) is 14.6 Å². The molecule has 2 rings (SSSR count). The van der Waals surface area contributed by atoms with Crippen LogP contribution in [0.5, 0.6) is 0 Å². The van der Waals surface area contributed by atoms with Gasteiger partial charge in [0.05, 0.1) is 6.54 Å². The van der Waals surface area contributed by atoms with Crippen LogP contribution in [0.15, 0.2) is 18.7 Å². The quantitative estimate of drug-likeness (QED) is 0.765. The van der Waals surface area contributed by atoms with Crippen LogP contribution >= 0.6 is 0 Å². The Labute approximate surface area is 102 Å². The molecule has 0 bridgehead atoms. The first-order valence-electron chi connectivity index (χ1n) is 6.21. The molecule has 2 heterocycles. The molecule has 0 atom stereocenters. The van der Waals surface area contributed by atoms with Crippen molar-refractivity contribution >= 4 is 0 Å². The summed E-state index contributed by atoms with van der Waals surface area (Å²) >= 11 is 0. The van der Waals surface area contributed by atoms with Crippen molar-refractivity contribution in [2.45, 2.75) is 46.2 Å². The number of aromatic nitrogens is 5. The van der Waals surface area contributed by atoms with Gasteiger partial charge in [0.1, 0.15) is 18.0 Å². The van der Waals surface area contributed by atoms with Crippen molar-refractivity contribution in [1.29, 1.82) is 0 Å². The summed E-state index contributed by atoms with van der Waals surface area (Å²) in [5.41, 5.74) is 0. The Morgan fingerprint density at radius 1 is 1.12 bits per heavy atom. The lowest BCUT2D eigenvalue weighted by atomic mass is 10.3. The number of hydrogen-bond donors (Lipinski definition) is 0. The van der Waals surface area contributed by atoms with E-state index in [1.54, 1.807) is 6.33 Å². The molecule has 0 fully saturated rings. The Kier molecular flexibility index (Phi) is 3.90. The van der Waals surface area contributed by atoms with Gasteiger partial charge in [-0.1, -0.05) is 13.8 Å². The summed E-state index contributed by atoms with van der Waals surface area (Å²) in [4.78, 5) is 8.68. The summed E-state index contributed by atoms with van der Waals surface area (Å²) in [7, 11) is 0. The van der Waals surface area contributed by atoms with E-state index in [9.17, 15) is 0 Å². The smallest absolute Gasteiger partial charge is 0.146 e. The third-order valence-corrected chi connectivity index (χ3v) is 2.72. The van der Waals surface area contributed by atoms with Gasteiger partial charge in [-0.3, -0.25) is 0 Å². The van der Waals surface area contributed by atoms with Gasteiger partial charge in [0.2, 0.25) is 0 Å². The second-order valence-corrected chi connectivity index (χ2v) is 4.12. The predicted octanol–water partition coefficient (Wildman–Crippen LogP) is 1.89. The SMILES string of the molecule is CCCc1nccn1Cc1ncnn1CCC. The van der Waals surface area contributed by atoms with Crippen LogP contribution in [0, 0.1) is 0 Å². The molecule has 0 aromatic carbocycles. The van der Waals surface area contributed by atoms with E-state index < -0.39 is 0 Å². The van der Waals surface area contributed by atoms with Crippen molar-refractivity contribution in [2.24, 2.45) is 0 Å². The Morgan fingerprint density at radius 3 is 2.76 bits per heavy atom. The van der Waals surface area contributed by atoms with Gasteiger partial charge in [0.15, 0.2) is 0 Å². The molecule has 0 saturated carbocycles. The number of aryl methyl sites for hydroxylation is 2. The number of nitrogens with zero attached hydrogens (tertiary/aromatic N) is 5. The summed E-state index contributed by atoms with van der Waals surface area (Å²) in [6.45, 7) is 5.99. The minimum Gasteiger partial charge on any atom is -0.327 e. The van der Waals surface area contributed by atoms with Crippen LogP contribution in [-0.2, 0) is 19.5 Å². The highest BCUT2D eigenvalue weighted by Gasteiger charge is 2.07. The molecule has 2 aromatic rings. The van der Waals surface area contributed by atoms with Crippen LogP contribution in [0.3, 0.4) is 0 Å². The van der Waals surface area contributed by atoms with Gasteiger partial charge in [0, 0.05) is 25.4 Å². The molecular weight excluding hydrogens is 214 g/mol. The maximum Gasteiger partial charge on any atom is 0.146 e. The fourth-order valence-corrected chi connectivity index (χ4v) is 1.90. The van der Waals surface area contributed by atoms with Gasteiger partial charge < -0.3 is 4.57 Å². The van der Waals surface area contributed by atoms with E-state index >= 15 is 0 Å². The summed E-state index contributed by atoms with van der Waals surface area (Å²) in [5, 5.41) is 4.23. The van der Waals surface area contributed by atoms with Crippen molar-refractivity contribution in [2.75, 3.05) is 0 Å². The minimum absolute atomic E-state index is 0.759. The van der Waals surface area contributed by atoms with Crippen LogP contribution in [0.4, 0.5) is 0 Å². The Hall–Kier alpha value is -1.65. The highest BCUT2D eigenvalue weighted by molar-refractivity contribution is 4.97. The first-order valence-corrected chi connectivity index (χ1v) is 6.21. The molecule has 0 amide bonds. The molecule has 17 heavy (non-hydrogen) atoms. The van der Waals surface area contributed by atoms with Gasteiger partial charge in [-0.2, -0.15) is 5.10 Å². The molecule has 2 aromatic heterocycles. The molecule has 0 unspecified atom stereocenters. The fraction of sp³-hybridized carbons (Fsp3) is 0.583. The van der Waals surface area contributed by atoms with Gasteiger partial charge >= 0.3 is 0 Å². The molecule has 5 nitrogen and oxygen atoms in total. The van der Waals surface area contributed by atoms with Crippen LogP contribution in [-0.4, -0.2) is 24.3 Å². The molecule has 0 aliphatic rings. The predicted molar refractivity (Wildman–Crippen MR) is 65.6 cm³/mol. The Morgan fingerprint density at radius 2 is 2.00 bits per heavy atom. The second-order valence-electron chi connectivity index (χ2n) is 4.12. The maximum atomic E-state index is 4.37. The number of hydrogen-bond acceptors (Lipinski definition) is 3. The monoisotopic (exact) mass is 233 g/mol. The largest absolute Gasteiger partial charge is 0.327 e. The molecule has 0 spiro atoms. The van der Waals surface area contributed by atoms with E-state index in [2.05, 4.69) is 33.5 Å². The van der Waals surface area contributed by atoms with E-state index in [-0.39, 0.29) is 0 Å². The minimum atomic E-state index is 0.759. The van der Waals surface area contributed by atoms with Crippen LogP contribution < -0.4 is 0 Å². The fourth-order valence-electron chi connectivity index (χ4n) is 1.90. The van der Waals surface area contributed by atoms with E-state index in [0.717, 1.165) is 44.0 Å². The average molecular weight is 233 g/mol. The van der Waals surface area contributed by atoms with Crippen LogP contribution in [0.25, 0.3) is 0 Å². The average Bonchev–Trinajstić information content (AvgIpc) is 2.92. The molecule has 0 N–H and O–H groups in total. The van der Waals surface area contributed by atoms with Gasteiger partial charge in [0.25, 0.3) is 0 Å². The first-order chi connectivity index (χ1) is 8.35. The summed E-state index contributed by atoms with van der Waals surface area (Å²) in [5.74, 6) is 2.13. The van der Waals surface area contributed by atoms with Crippen molar-refractivity contribution in [3.63, 3.8) is 0 Å². The third kappa shape index (κ3) is 2.72. The molecule has 0 radical (unpaired) electrons. The van der Waals surface area contributed by atoms with Crippen molar-refractivity contribution in [1.82, 2.24) is 24.3 Å². The van der Waals surface area contributed by atoms with E-state index in [4.69, 9.17) is 0 Å². The molecule has 0 aliphatic heterocycles. The second kappa shape index (κ2) is 5.61. The third-order valence-electron chi connectivity index (χ3n) is 2.72. The van der Waals surface area contributed by atoms with Crippen LogP contribution in [0.2, 0.25) is 0 Å². The topological polar surface area (TPSA) is 48.5 Å². The Balaban J connectivity index is 2.13. The van der Waals surface area contributed by atoms with E-state index in [0.29, 0.717) is 0 Å². The maximum absolute atomic E-state index is 4.37. The highest BCUT2D eigenvalue weighted by atomic mass is 15.3. The highest BCUT2D eigenvalue weighted by Crippen LogP contribution is 2.05. The zero-order valence-corrected chi connectivity index (χ0v) is 10.5. The van der Waals surface area contributed by atoms with Gasteiger partial charge in [-0.15, -0.1) is 0 Å². The number of rotatable bonds is 6. The first kappa shape index (κ1) is 11.8. The zero-order valence-electron chi connectivity index (χ0n) is 10.5. The lowest BCUT2D eigenvalue weighted by Gasteiger charge is -2.08. The van der Waals surface area contributed by atoms with E-state index in [1.807, 2.05) is 17.1 Å². The van der Waals surface area contributed by atoms with Crippen molar-refractivity contribution in [3.8, 4) is 0 Å². The molecule has 5 heteroatoms. The summed E-state index contributed by atoms with van der Waals surface area (Å²) in [6.07, 6.45) is 8.68. The van der Waals surface area contributed by atoms with Crippen molar-refractivity contribution < 1.29 is 0 Å².